The fourth-order valence-electron chi connectivity index (χ4n) is 0.525. The van der Waals surface area contributed by atoms with Gasteiger partial charge in [0, 0.05) is 11.9 Å². The molecule has 0 radical (unpaired) electrons. The lowest BCUT2D eigenvalue weighted by Gasteiger charge is -2.22. The summed E-state index contributed by atoms with van der Waals surface area (Å²) in [5.74, 6) is 0.149. The molecule has 0 rings (SSSR count). The molecule has 0 aliphatic heterocycles. The van der Waals surface area contributed by atoms with E-state index in [1.165, 1.54) is 0 Å². The van der Waals surface area contributed by atoms with Gasteiger partial charge in [-0.3, -0.25) is 4.79 Å². The molecule has 0 fully saturated rings. The molecule has 2 N–H and O–H groups in total. The van der Waals surface area contributed by atoms with E-state index in [0.29, 0.717) is 0 Å². The molecule has 0 saturated heterocycles. The minimum atomic E-state index is -0.564. The predicted molar refractivity (Wildman–Crippen MR) is 49.2 cm³/mol. The molecule has 1 amide bonds. The summed E-state index contributed by atoms with van der Waals surface area (Å²) >= 11 is 5.59. The summed E-state index contributed by atoms with van der Waals surface area (Å²) in [6, 6.07) is -0.208. The first kappa shape index (κ1) is 11.7. The molecule has 3 nitrogen and oxygen atoms in total. The van der Waals surface area contributed by atoms with Crippen LogP contribution < -0.4 is 5.32 Å². The van der Waals surface area contributed by atoms with E-state index in [0.717, 1.165) is 0 Å². The summed E-state index contributed by atoms with van der Waals surface area (Å²) < 4.78 is 0. The van der Waals surface area contributed by atoms with E-state index in [2.05, 4.69) is 5.32 Å². The Bertz CT molecular complexity index is 159. The third-order valence-electron chi connectivity index (χ3n) is 1.60. The van der Waals surface area contributed by atoms with Gasteiger partial charge in [-0.05, 0) is 20.8 Å². The fraction of sp³-hybridized carbons (Fsp3) is 0.875. The Morgan fingerprint density at radius 1 is 1.67 bits per heavy atom. The number of rotatable bonds is 4. The molecule has 0 aliphatic rings. The Morgan fingerprint density at radius 3 is 2.50 bits per heavy atom. The van der Waals surface area contributed by atoms with Gasteiger partial charge in [0.15, 0.2) is 0 Å². The maximum absolute atomic E-state index is 11.4. The normalized spacial score (nSPS) is 14.1. The molecule has 72 valence electrons. The minimum Gasteiger partial charge on any atom is -0.394 e. The molecule has 0 spiro atoms. The van der Waals surface area contributed by atoms with Crippen LogP contribution in [0.5, 0.6) is 0 Å². The van der Waals surface area contributed by atoms with Crippen molar-refractivity contribution in [2.75, 3.05) is 12.5 Å². The van der Waals surface area contributed by atoms with Gasteiger partial charge < -0.3 is 10.4 Å². The van der Waals surface area contributed by atoms with Gasteiger partial charge in [0.2, 0.25) is 5.91 Å². The zero-order chi connectivity index (χ0) is 9.78. The second kappa shape index (κ2) is 4.67. The predicted octanol–water partition coefficient (Wildman–Crippen LogP) is 0.748. The van der Waals surface area contributed by atoms with Gasteiger partial charge in [-0.1, -0.05) is 0 Å². The van der Waals surface area contributed by atoms with Crippen LogP contribution in [0.1, 0.15) is 20.8 Å². The zero-order valence-corrected chi connectivity index (χ0v) is 8.48. The molecule has 4 heteroatoms. The molecule has 0 aromatic rings. The third-order valence-corrected chi connectivity index (χ3v) is 2.27. The number of hydrogen-bond acceptors (Lipinski definition) is 2. The van der Waals surface area contributed by atoms with Gasteiger partial charge in [-0.2, -0.15) is 0 Å². The zero-order valence-electron chi connectivity index (χ0n) is 7.72. The van der Waals surface area contributed by atoms with Crippen LogP contribution in [0, 0.1) is 5.41 Å². The Balaban J connectivity index is 4.03. The lowest BCUT2D eigenvalue weighted by atomic mass is 9.95. The number of nitrogens with one attached hydrogen (secondary N) is 1. The van der Waals surface area contributed by atoms with E-state index in [1.54, 1.807) is 20.8 Å². The van der Waals surface area contributed by atoms with Gasteiger partial charge in [-0.25, -0.2) is 0 Å². The van der Waals surface area contributed by atoms with Crippen LogP contribution >= 0.6 is 11.6 Å². The first-order valence-electron chi connectivity index (χ1n) is 3.92. The van der Waals surface area contributed by atoms with E-state index in [9.17, 15) is 4.79 Å². The highest BCUT2D eigenvalue weighted by Crippen LogP contribution is 2.16. The number of alkyl halides is 1. The molecule has 1 atom stereocenters. The van der Waals surface area contributed by atoms with Crippen LogP contribution in [0.15, 0.2) is 0 Å². The number of halogens is 1. The van der Waals surface area contributed by atoms with E-state index in [4.69, 9.17) is 16.7 Å². The number of carbonyl (C=O) groups is 1. The molecule has 12 heavy (non-hydrogen) atoms. The van der Waals surface area contributed by atoms with Crippen molar-refractivity contribution < 1.29 is 9.90 Å². The summed E-state index contributed by atoms with van der Waals surface area (Å²) in [6.07, 6.45) is 0. The highest BCUT2D eigenvalue weighted by molar-refractivity contribution is 6.19. The number of hydrogen-bond donors (Lipinski definition) is 2. The van der Waals surface area contributed by atoms with Crippen molar-refractivity contribution in [3.8, 4) is 0 Å². The summed E-state index contributed by atoms with van der Waals surface area (Å²) in [7, 11) is 0. The molecule has 0 heterocycles. The third kappa shape index (κ3) is 3.41. The van der Waals surface area contributed by atoms with Crippen molar-refractivity contribution in [3.05, 3.63) is 0 Å². The van der Waals surface area contributed by atoms with Crippen molar-refractivity contribution in [2.45, 2.75) is 26.8 Å². The topological polar surface area (TPSA) is 49.3 Å². The van der Waals surface area contributed by atoms with Gasteiger partial charge >= 0.3 is 0 Å². The highest BCUT2D eigenvalue weighted by atomic mass is 35.5. The summed E-state index contributed by atoms with van der Waals surface area (Å²) in [5, 5.41) is 11.3. The number of aliphatic hydroxyl groups excluding tert-OH is 1. The summed E-state index contributed by atoms with van der Waals surface area (Å²) in [4.78, 5) is 11.4. The maximum atomic E-state index is 11.4. The summed E-state index contributed by atoms with van der Waals surface area (Å²) in [5.41, 5.74) is -0.564. The van der Waals surface area contributed by atoms with Crippen molar-refractivity contribution in [3.63, 3.8) is 0 Å². The highest BCUT2D eigenvalue weighted by Gasteiger charge is 2.26. The first-order valence-corrected chi connectivity index (χ1v) is 4.45. The Kier molecular flexibility index (Phi) is 4.57. The van der Waals surface area contributed by atoms with Crippen molar-refractivity contribution in [1.29, 1.82) is 0 Å². The molecule has 0 aromatic carbocycles. The quantitative estimate of drug-likeness (QED) is 0.648. The number of aliphatic hydroxyl groups is 1. The van der Waals surface area contributed by atoms with Crippen LogP contribution in [0.4, 0.5) is 0 Å². The number of carbonyl (C=O) groups excluding carboxylic acids is 1. The molecule has 0 unspecified atom stereocenters. The van der Waals surface area contributed by atoms with Crippen LogP contribution in [-0.2, 0) is 4.79 Å². The second-order valence-corrected chi connectivity index (χ2v) is 3.84. The molecular weight excluding hydrogens is 178 g/mol. The van der Waals surface area contributed by atoms with E-state index >= 15 is 0 Å². The van der Waals surface area contributed by atoms with Gasteiger partial charge in [-0.15, -0.1) is 11.6 Å². The fourth-order valence-corrected chi connectivity index (χ4v) is 0.647. The lowest BCUT2D eigenvalue weighted by molar-refractivity contribution is -0.129. The largest absolute Gasteiger partial charge is 0.394 e. The van der Waals surface area contributed by atoms with Gasteiger partial charge in [0.05, 0.1) is 12.0 Å². The van der Waals surface area contributed by atoms with Crippen molar-refractivity contribution >= 4 is 17.5 Å². The second-order valence-electron chi connectivity index (χ2n) is 3.57. The Labute approximate surface area is 78.1 Å². The van der Waals surface area contributed by atoms with Crippen molar-refractivity contribution in [1.82, 2.24) is 5.32 Å². The Morgan fingerprint density at radius 2 is 2.17 bits per heavy atom. The van der Waals surface area contributed by atoms with Crippen LogP contribution in [-0.4, -0.2) is 29.5 Å². The molecule has 0 saturated carbocycles. The summed E-state index contributed by atoms with van der Waals surface area (Å²) in [6.45, 7) is 5.21. The van der Waals surface area contributed by atoms with Gasteiger partial charge in [0.25, 0.3) is 0 Å². The Hall–Kier alpha value is -0.280. The monoisotopic (exact) mass is 193 g/mol. The van der Waals surface area contributed by atoms with Crippen LogP contribution in [0.25, 0.3) is 0 Å². The average molecular weight is 194 g/mol. The molecule has 0 aliphatic carbocycles. The van der Waals surface area contributed by atoms with Crippen molar-refractivity contribution in [2.24, 2.45) is 5.41 Å². The first-order chi connectivity index (χ1) is 5.44. The van der Waals surface area contributed by atoms with Gasteiger partial charge in [0.1, 0.15) is 0 Å². The lowest BCUT2D eigenvalue weighted by Crippen LogP contribution is -2.43. The van der Waals surface area contributed by atoms with E-state index in [1.807, 2.05) is 0 Å². The maximum Gasteiger partial charge on any atom is 0.227 e. The van der Waals surface area contributed by atoms with Crippen LogP contribution in [0.3, 0.4) is 0 Å². The van der Waals surface area contributed by atoms with E-state index < -0.39 is 5.41 Å². The average Bonchev–Trinajstić information content (AvgIpc) is 2.04. The standard InChI is InChI=1S/C8H16ClNO2/c1-6(4-11)10-7(12)8(2,3)5-9/h6,11H,4-5H2,1-3H3,(H,10,12)/t6-/m0/s1. The smallest absolute Gasteiger partial charge is 0.227 e. The molecule has 0 bridgehead atoms. The van der Waals surface area contributed by atoms with Crippen LogP contribution in [0.2, 0.25) is 0 Å². The molecular formula is C8H16ClNO2. The molecule has 0 aromatic heterocycles. The van der Waals surface area contributed by atoms with E-state index in [-0.39, 0.29) is 24.4 Å². The SMILES string of the molecule is C[C@@H](CO)NC(=O)C(C)(C)CCl. The minimum absolute atomic E-state index is 0.0515. The number of amides is 1.